The van der Waals surface area contributed by atoms with Crippen LogP contribution in [0.3, 0.4) is 0 Å². The minimum Gasteiger partial charge on any atom is -0.481 e. The number of hydrogen-bond acceptors (Lipinski definition) is 2. The molecule has 1 aliphatic carbocycles. The number of unbranched alkanes of at least 4 members (excludes halogenated alkanes) is 3. The largest absolute Gasteiger partial charge is 0.481 e. The zero-order valence-corrected chi connectivity index (χ0v) is 11.3. The summed E-state index contributed by atoms with van der Waals surface area (Å²) in [6.07, 6.45) is 8.08. The second kappa shape index (κ2) is 7.39. The molecule has 1 rings (SSSR count). The van der Waals surface area contributed by atoms with Crippen LogP contribution in [0.25, 0.3) is 0 Å². The summed E-state index contributed by atoms with van der Waals surface area (Å²) < 4.78 is 0. The van der Waals surface area contributed by atoms with E-state index in [1.54, 1.807) is 0 Å². The topological polar surface area (TPSA) is 66.4 Å². The molecule has 18 heavy (non-hydrogen) atoms. The van der Waals surface area contributed by atoms with Crippen molar-refractivity contribution >= 4 is 11.9 Å². The lowest BCUT2D eigenvalue weighted by Gasteiger charge is -2.40. The van der Waals surface area contributed by atoms with Gasteiger partial charge in [0, 0.05) is 13.0 Å². The summed E-state index contributed by atoms with van der Waals surface area (Å²) in [6.45, 7) is 2.68. The van der Waals surface area contributed by atoms with Gasteiger partial charge in [0.25, 0.3) is 0 Å². The second-order valence-corrected chi connectivity index (χ2v) is 5.51. The zero-order valence-electron chi connectivity index (χ0n) is 11.3. The quantitative estimate of drug-likeness (QED) is 0.622. The normalized spacial score (nSPS) is 16.9. The van der Waals surface area contributed by atoms with Gasteiger partial charge < -0.3 is 10.4 Å². The Labute approximate surface area is 109 Å². The van der Waals surface area contributed by atoms with E-state index in [4.69, 9.17) is 5.11 Å². The van der Waals surface area contributed by atoms with Crippen molar-refractivity contribution in [2.75, 3.05) is 6.54 Å². The molecular weight excluding hydrogens is 230 g/mol. The lowest BCUT2D eigenvalue weighted by molar-refractivity contribution is -0.141. The smallest absolute Gasteiger partial charge is 0.303 e. The Morgan fingerprint density at radius 3 is 2.44 bits per heavy atom. The molecule has 1 fully saturated rings. The van der Waals surface area contributed by atoms with Crippen LogP contribution in [0.2, 0.25) is 0 Å². The van der Waals surface area contributed by atoms with Gasteiger partial charge in [-0.1, -0.05) is 32.6 Å². The Hall–Kier alpha value is -1.06. The maximum atomic E-state index is 11.6. The Morgan fingerprint density at radius 1 is 1.22 bits per heavy atom. The van der Waals surface area contributed by atoms with Gasteiger partial charge in [0.1, 0.15) is 0 Å². The van der Waals surface area contributed by atoms with E-state index in [1.165, 1.54) is 12.8 Å². The average molecular weight is 255 g/mol. The van der Waals surface area contributed by atoms with Crippen molar-refractivity contribution in [2.24, 2.45) is 5.41 Å². The maximum Gasteiger partial charge on any atom is 0.303 e. The van der Waals surface area contributed by atoms with Crippen molar-refractivity contribution in [3.8, 4) is 0 Å². The molecule has 0 heterocycles. The van der Waals surface area contributed by atoms with Crippen LogP contribution in [0.15, 0.2) is 0 Å². The summed E-state index contributed by atoms with van der Waals surface area (Å²) in [5, 5.41) is 11.8. The molecule has 0 aliphatic heterocycles. The van der Waals surface area contributed by atoms with Gasteiger partial charge in [0.15, 0.2) is 0 Å². The van der Waals surface area contributed by atoms with Crippen LogP contribution in [0, 0.1) is 5.41 Å². The van der Waals surface area contributed by atoms with E-state index >= 15 is 0 Å². The number of nitrogens with one attached hydrogen (secondary N) is 1. The molecule has 0 aromatic carbocycles. The highest BCUT2D eigenvalue weighted by molar-refractivity contribution is 5.76. The fourth-order valence-corrected chi connectivity index (χ4v) is 2.50. The van der Waals surface area contributed by atoms with Crippen molar-refractivity contribution < 1.29 is 14.7 Å². The lowest BCUT2D eigenvalue weighted by atomic mass is 9.66. The molecule has 0 aromatic heterocycles. The number of carbonyl (C=O) groups is 2. The standard InChI is InChI=1S/C14H25NO3/c1-2-3-4-5-7-12(16)15-11-14(8-6-9-14)10-13(17)18/h2-11H2,1H3,(H,15,16)(H,17,18). The first-order valence-corrected chi connectivity index (χ1v) is 7.06. The van der Waals surface area contributed by atoms with Crippen LogP contribution in [0.5, 0.6) is 0 Å². The highest BCUT2D eigenvalue weighted by Crippen LogP contribution is 2.43. The second-order valence-electron chi connectivity index (χ2n) is 5.51. The number of carboxylic acid groups (broad SMARTS) is 1. The number of aliphatic carboxylic acids is 1. The Kier molecular flexibility index (Phi) is 6.16. The molecule has 0 bridgehead atoms. The minimum atomic E-state index is -0.758. The average Bonchev–Trinajstić information content (AvgIpc) is 2.27. The molecule has 0 atom stereocenters. The molecule has 0 radical (unpaired) electrons. The molecule has 4 heteroatoms. The number of carboxylic acids is 1. The molecule has 0 aromatic rings. The SMILES string of the molecule is CCCCCCC(=O)NCC1(CC(=O)O)CCC1. The molecule has 0 unspecified atom stereocenters. The fourth-order valence-electron chi connectivity index (χ4n) is 2.50. The van der Waals surface area contributed by atoms with E-state index in [9.17, 15) is 9.59 Å². The van der Waals surface area contributed by atoms with E-state index in [0.717, 1.165) is 32.1 Å². The first kappa shape index (κ1) is 15.0. The third-order valence-corrected chi connectivity index (χ3v) is 3.86. The van der Waals surface area contributed by atoms with Gasteiger partial charge in [-0.15, -0.1) is 0 Å². The van der Waals surface area contributed by atoms with Crippen LogP contribution in [-0.4, -0.2) is 23.5 Å². The van der Waals surface area contributed by atoms with E-state index in [-0.39, 0.29) is 17.7 Å². The molecular formula is C14H25NO3. The molecule has 4 nitrogen and oxygen atoms in total. The molecule has 2 N–H and O–H groups in total. The van der Waals surface area contributed by atoms with Crippen LogP contribution in [-0.2, 0) is 9.59 Å². The highest BCUT2D eigenvalue weighted by atomic mass is 16.4. The third kappa shape index (κ3) is 5.07. The predicted molar refractivity (Wildman–Crippen MR) is 70.3 cm³/mol. The summed E-state index contributed by atoms with van der Waals surface area (Å²) >= 11 is 0. The summed E-state index contributed by atoms with van der Waals surface area (Å²) in [6, 6.07) is 0. The van der Waals surface area contributed by atoms with Crippen molar-refractivity contribution in [2.45, 2.75) is 64.7 Å². The number of rotatable bonds is 9. The van der Waals surface area contributed by atoms with E-state index in [1.807, 2.05) is 0 Å². The summed E-state index contributed by atoms with van der Waals surface area (Å²) in [4.78, 5) is 22.4. The van der Waals surface area contributed by atoms with Gasteiger partial charge in [-0.05, 0) is 24.7 Å². The number of carbonyl (C=O) groups excluding carboxylic acids is 1. The number of hydrogen-bond donors (Lipinski definition) is 2. The molecule has 0 saturated heterocycles. The van der Waals surface area contributed by atoms with Crippen LogP contribution in [0.4, 0.5) is 0 Å². The minimum absolute atomic E-state index is 0.0720. The van der Waals surface area contributed by atoms with Gasteiger partial charge in [-0.25, -0.2) is 0 Å². The third-order valence-electron chi connectivity index (χ3n) is 3.86. The molecule has 1 aliphatic rings. The van der Waals surface area contributed by atoms with Crippen molar-refractivity contribution in [1.82, 2.24) is 5.32 Å². The van der Waals surface area contributed by atoms with Gasteiger partial charge in [0.05, 0.1) is 6.42 Å². The summed E-state index contributed by atoms with van der Waals surface area (Å²) in [5.41, 5.74) is -0.162. The van der Waals surface area contributed by atoms with E-state index in [2.05, 4.69) is 12.2 Å². The zero-order chi connectivity index (χ0) is 13.4. The van der Waals surface area contributed by atoms with E-state index < -0.39 is 5.97 Å². The first-order valence-electron chi connectivity index (χ1n) is 7.06. The van der Waals surface area contributed by atoms with Gasteiger partial charge in [-0.2, -0.15) is 0 Å². The first-order chi connectivity index (χ1) is 8.58. The Balaban J connectivity index is 2.18. The molecule has 104 valence electrons. The fraction of sp³-hybridized carbons (Fsp3) is 0.857. The molecule has 1 amide bonds. The molecule has 0 spiro atoms. The van der Waals surface area contributed by atoms with E-state index in [0.29, 0.717) is 13.0 Å². The van der Waals surface area contributed by atoms with Crippen molar-refractivity contribution in [3.63, 3.8) is 0 Å². The van der Waals surface area contributed by atoms with Crippen LogP contribution in [0.1, 0.15) is 64.7 Å². The van der Waals surface area contributed by atoms with Gasteiger partial charge >= 0.3 is 5.97 Å². The van der Waals surface area contributed by atoms with Crippen molar-refractivity contribution in [3.05, 3.63) is 0 Å². The summed E-state index contributed by atoms with van der Waals surface area (Å²) in [5.74, 6) is -0.685. The Morgan fingerprint density at radius 2 is 1.94 bits per heavy atom. The van der Waals surface area contributed by atoms with Crippen LogP contribution < -0.4 is 5.32 Å². The van der Waals surface area contributed by atoms with Gasteiger partial charge in [-0.3, -0.25) is 9.59 Å². The lowest BCUT2D eigenvalue weighted by Crippen LogP contribution is -2.43. The predicted octanol–water partition coefficient (Wildman–Crippen LogP) is 2.72. The highest BCUT2D eigenvalue weighted by Gasteiger charge is 2.39. The van der Waals surface area contributed by atoms with Crippen LogP contribution >= 0.6 is 0 Å². The molecule has 1 saturated carbocycles. The van der Waals surface area contributed by atoms with Gasteiger partial charge in [0.2, 0.25) is 5.91 Å². The summed E-state index contributed by atoms with van der Waals surface area (Å²) in [7, 11) is 0. The number of amides is 1. The monoisotopic (exact) mass is 255 g/mol. The van der Waals surface area contributed by atoms with Crippen molar-refractivity contribution in [1.29, 1.82) is 0 Å². The maximum absolute atomic E-state index is 11.6. The Bertz CT molecular complexity index is 285.